The molecule has 0 amide bonds. The molecule has 0 radical (unpaired) electrons. The van der Waals surface area contributed by atoms with Crippen LogP contribution in [-0.2, 0) is 24.2 Å². The summed E-state index contributed by atoms with van der Waals surface area (Å²) in [7, 11) is 0. The number of nitrogens with one attached hydrogen (secondary N) is 1. The van der Waals surface area contributed by atoms with Gasteiger partial charge in [0.1, 0.15) is 0 Å². The predicted molar refractivity (Wildman–Crippen MR) is 79.3 cm³/mol. The molecule has 0 saturated heterocycles. The van der Waals surface area contributed by atoms with Crippen LogP contribution in [0, 0.1) is 5.92 Å². The average molecular weight is 267 g/mol. The maximum Gasteiger partial charge on any atom is 0.0625 e. The lowest BCUT2D eigenvalue weighted by Gasteiger charge is -2.08. The maximum absolute atomic E-state index is 5.56. The monoisotopic (exact) mass is 267 g/mol. The van der Waals surface area contributed by atoms with Crippen molar-refractivity contribution >= 4 is 0 Å². The summed E-state index contributed by atoms with van der Waals surface area (Å²) in [6.07, 6.45) is 2.07. The Balaban J connectivity index is 2.16. The van der Waals surface area contributed by atoms with Gasteiger partial charge in [-0.05, 0) is 38.3 Å². The van der Waals surface area contributed by atoms with Crippen LogP contribution >= 0.6 is 0 Å². The molecule has 0 aliphatic rings. The average Bonchev–Trinajstić information content (AvgIpc) is 2.79. The highest BCUT2D eigenvalue weighted by Crippen LogP contribution is 2.05. The van der Waals surface area contributed by atoms with E-state index in [2.05, 4.69) is 48.9 Å². The lowest BCUT2D eigenvalue weighted by atomic mass is 10.2. The lowest BCUT2D eigenvalue weighted by Crippen LogP contribution is -2.19. The van der Waals surface area contributed by atoms with Crippen LogP contribution < -0.4 is 5.32 Å². The van der Waals surface area contributed by atoms with Gasteiger partial charge in [0, 0.05) is 26.3 Å². The van der Waals surface area contributed by atoms with Gasteiger partial charge in [0.15, 0.2) is 0 Å². The molecule has 0 aromatic carbocycles. The number of aryl methyl sites for hydroxylation is 2. The van der Waals surface area contributed by atoms with Crippen molar-refractivity contribution in [1.29, 1.82) is 0 Å². The highest BCUT2D eigenvalue weighted by Gasteiger charge is 2.04. The van der Waals surface area contributed by atoms with Gasteiger partial charge in [0.2, 0.25) is 0 Å². The first kappa shape index (κ1) is 16.2. The third kappa shape index (κ3) is 6.21. The van der Waals surface area contributed by atoms with E-state index in [9.17, 15) is 0 Å². The molecule has 1 aromatic rings. The highest BCUT2D eigenvalue weighted by atomic mass is 16.5. The summed E-state index contributed by atoms with van der Waals surface area (Å²) in [5.74, 6) is 0.624. The molecule has 0 fully saturated rings. The summed E-state index contributed by atoms with van der Waals surface area (Å²) in [5, 5.41) is 8.01. The molecule has 4 heteroatoms. The Labute approximate surface area is 117 Å². The number of hydrogen-bond acceptors (Lipinski definition) is 3. The van der Waals surface area contributed by atoms with E-state index < -0.39 is 0 Å². The van der Waals surface area contributed by atoms with Crippen molar-refractivity contribution in [2.75, 3.05) is 19.8 Å². The third-order valence-electron chi connectivity index (χ3n) is 2.98. The lowest BCUT2D eigenvalue weighted by molar-refractivity contribution is 0.108. The first-order valence-corrected chi connectivity index (χ1v) is 7.51. The summed E-state index contributed by atoms with van der Waals surface area (Å²) in [4.78, 5) is 0. The Morgan fingerprint density at radius 3 is 2.79 bits per heavy atom. The molecular weight excluding hydrogens is 238 g/mol. The minimum atomic E-state index is 0.624. The Morgan fingerprint density at radius 1 is 1.37 bits per heavy atom. The molecular formula is C15H29N3O. The molecule has 0 saturated carbocycles. The third-order valence-corrected chi connectivity index (χ3v) is 2.98. The molecule has 0 aliphatic carbocycles. The van der Waals surface area contributed by atoms with E-state index in [0.29, 0.717) is 5.92 Å². The maximum atomic E-state index is 5.56. The quantitative estimate of drug-likeness (QED) is 0.662. The van der Waals surface area contributed by atoms with Crippen molar-refractivity contribution in [1.82, 2.24) is 15.1 Å². The van der Waals surface area contributed by atoms with E-state index in [1.165, 1.54) is 11.4 Å². The summed E-state index contributed by atoms with van der Waals surface area (Å²) in [5.41, 5.74) is 2.46. The number of aromatic nitrogens is 2. The van der Waals surface area contributed by atoms with Gasteiger partial charge in [-0.1, -0.05) is 20.8 Å². The fraction of sp³-hybridized carbons (Fsp3) is 0.800. The Hall–Kier alpha value is -0.870. The van der Waals surface area contributed by atoms with E-state index >= 15 is 0 Å². The fourth-order valence-corrected chi connectivity index (χ4v) is 1.94. The van der Waals surface area contributed by atoms with E-state index in [0.717, 1.165) is 45.7 Å². The normalized spacial score (nSPS) is 11.4. The van der Waals surface area contributed by atoms with Crippen LogP contribution in [0.3, 0.4) is 0 Å². The standard InChI is InChI=1S/C15H29N3O/c1-5-14-10-15(18(6-2)17-14)11-16-8-7-9-19-12-13(3)4/h10,13,16H,5-9,11-12H2,1-4H3. The van der Waals surface area contributed by atoms with Gasteiger partial charge in [-0.25, -0.2) is 0 Å². The van der Waals surface area contributed by atoms with Crippen LogP contribution in [0.5, 0.6) is 0 Å². The van der Waals surface area contributed by atoms with Crippen LogP contribution in [0.2, 0.25) is 0 Å². The highest BCUT2D eigenvalue weighted by molar-refractivity contribution is 5.10. The van der Waals surface area contributed by atoms with Crippen molar-refractivity contribution in [3.8, 4) is 0 Å². The second-order valence-electron chi connectivity index (χ2n) is 5.30. The van der Waals surface area contributed by atoms with Gasteiger partial charge in [-0.3, -0.25) is 4.68 Å². The summed E-state index contributed by atoms with van der Waals surface area (Å²) in [6, 6.07) is 2.20. The molecule has 0 aliphatic heterocycles. The fourth-order valence-electron chi connectivity index (χ4n) is 1.94. The molecule has 0 bridgehead atoms. The molecule has 0 unspecified atom stereocenters. The Bertz CT molecular complexity index is 347. The van der Waals surface area contributed by atoms with Gasteiger partial charge in [-0.2, -0.15) is 5.10 Å². The Kier molecular flexibility index (Phi) is 7.75. The van der Waals surface area contributed by atoms with E-state index in [4.69, 9.17) is 4.74 Å². The molecule has 19 heavy (non-hydrogen) atoms. The molecule has 1 rings (SSSR count). The van der Waals surface area contributed by atoms with Gasteiger partial charge in [-0.15, -0.1) is 0 Å². The van der Waals surface area contributed by atoms with Crippen molar-refractivity contribution in [2.24, 2.45) is 5.92 Å². The number of nitrogens with zero attached hydrogens (tertiary/aromatic N) is 2. The molecule has 1 heterocycles. The minimum Gasteiger partial charge on any atom is -0.381 e. The van der Waals surface area contributed by atoms with Crippen molar-refractivity contribution < 1.29 is 4.74 Å². The largest absolute Gasteiger partial charge is 0.381 e. The summed E-state index contributed by atoms with van der Waals surface area (Å²) < 4.78 is 7.64. The molecule has 1 N–H and O–H groups in total. The molecule has 110 valence electrons. The molecule has 4 nitrogen and oxygen atoms in total. The second-order valence-corrected chi connectivity index (χ2v) is 5.30. The van der Waals surface area contributed by atoms with Crippen molar-refractivity contribution in [3.05, 3.63) is 17.5 Å². The zero-order valence-corrected chi connectivity index (χ0v) is 12.9. The number of rotatable bonds is 10. The summed E-state index contributed by atoms with van der Waals surface area (Å²) >= 11 is 0. The molecule has 0 spiro atoms. The topological polar surface area (TPSA) is 39.1 Å². The van der Waals surface area contributed by atoms with Crippen molar-refractivity contribution in [3.63, 3.8) is 0 Å². The van der Waals surface area contributed by atoms with Gasteiger partial charge in [0.25, 0.3) is 0 Å². The first-order chi connectivity index (χ1) is 9.17. The van der Waals surface area contributed by atoms with Crippen LogP contribution in [0.15, 0.2) is 6.07 Å². The van der Waals surface area contributed by atoms with Gasteiger partial charge in [0.05, 0.1) is 11.4 Å². The molecule has 0 atom stereocenters. The SMILES string of the molecule is CCc1cc(CNCCCOCC(C)C)n(CC)n1. The zero-order chi connectivity index (χ0) is 14.1. The molecule has 1 aromatic heterocycles. The minimum absolute atomic E-state index is 0.624. The zero-order valence-electron chi connectivity index (χ0n) is 12.9. The summed E-state index contributed by atoms with van der Waals surface area (Å²) in [6.45, 7) is 13.2. The van der Waals surface area contributed by atoms with E-state index in [-0.39, 0.29) is 0 Å². The van der Waals surface area contributed by atoms with E-state index in [1.54, 1.807) is 0 Å². The number of hydrogen-bond donors (Lipinski definition) is 1. The van der Waals surface area contributed by atoms with Crippen LogP contribution in [-0.4, -0.2) is 29.5 Å². The number of ether oxygens (including phenoxy) is 1. The van der Waals surface area contributed by atoms with E-state index in [1.807, 2.05) is 0 Å². The first-order valence-electron chi connectivity index (χ1n) is 7.51. The van der Waals surface area contributed by atoms with Crippen LogP contribution in [0.4, 0.5) is 0 Å². The van der Waals surface area contributed by atoms with Crippen LogP contribution in [0.1, 0.15) is 45.5 Å². The Morgan fingerprint density at radius 2 is 2.16 bits per heavy atom. The predicted octanol–water partition coefficient (Wildman–Crippen LogP) is 2.62. The van der Waals surface area contributed by atoms with Crippen molar-refractivity contribution in [2.45, 2.75) is 53.6 Å². The van der Waals surface area contributed by atoms with Gasteiger partial charge < -0.3 is 10.1 Å². The smallest absolute Gasteiger partial charge is 0.0625 e. The van der Waals surface area contributed by atoms with Crippen LogP contribution in [0.25, 0.3) is 0 Å². The second kappa shape index (κ2) is 9.10. The van der Waals surface area contributed by atoms with Gasteiger partial charge >= 0.3 is 0 Å².